The molecule has 0 saturated carbocycles. The molecule has 2 heterocycles. The number of nitrogens with zero attached hydrogens (tertiary/aromatic N) is 2. The van der Waals surface area contributed by atoms with Crippen LogP contribution in [0.1, 0.15) is 6.92 Å². The zero-order valence-corrected chi connectivity index (χ0v) is 15.9. The van der Waals surface area contributed by atoms with Gasteiger partial charge in [0.15, 0.2) is 5.82 Å². The van der Waals surface area contributed by atoms with E-state index in [0.717, 1.165) is 0 Å². The Bertz CT molecular complexity index is 1150. The Morgan fingerprint density at radius 3 is 2.60 bits per heavy atom. The minimum atomic E-state index is -0.588. The van der Waals surface area contributed by atoms with Crippen molar-refractivity contribution in [1.29, 1.82) is 0 Å². The van der Waals surface area contributed by atoms with Crippen LogP contribution in [-0.2, 0) is 9.53 Å². The van der Waals surface area contributed by atoms with Gasteiger partial charge < -0.3 is 10.1 Å². The maximum atomic E-state index is 14.8. The van der Waals surface area contributed by atoms with E-state index >= 15 is 0 Å². The predicted molar refractivity (Wildman–Crippen MR) is 106 cm³/mol. The maximum absolute atomic E-state index is 14.8. The molecule has 30 heavy (non-hydrogen) atoms. The van der Waals surface area contributed by atoms with Crippen LogP contribution >= 0.6 is 0 Å². The van der Waals surface area contributed by atoms with E-state index in [1.807, 2.05) is 0 Å². The average Bonchev–Trinajstić information content (AvgIpc) is 3.32. The number of halogens is 1. The third kappa shape index (κ3) is 3.93. The van der Waals surface area contributed by atoms with Gasteiger partial charge in [-0.25, -0.2) is 19.1 Å². The third-order valence-corrected chi connectivity index (χ3v) is 4.69. The van der Waals surface area contributed by atoms with Crippen LogP contribution in [0.15, 0.2) is 47.3 Å². The fourth-order valence-corrected chi connectivity index (χ4v) is 3.22. The van der Waals surface area contributed by atoms with Gasteiger partial charge in [-0.2, -0.15) is 5.10 Å². The van der Waals surface area contributed by atoms with Crippen LogP contribution < -0.4 is 15.9 Å². The molecule has 1 saturated heterocycles. The predicted octanol–water partition coefficient (Wildman–Crippen LogP) is 2.03. The summed E-state index contributed by atoms with van der Waals surface area (Å²) in [5, 5.41) is 8.75. The van der Waals surface area contributed by atoms with E-state index in [-0.39, 0.29) is 19.0 Å². The standard InChI is InChI=1S/C20H18FN5O4/c1-11(27)22-9-15-10-26(20(29)30-15)14-6-7-16(17(21)8-14)12-2-4-13(5-3-12)18-23-19(28)25-24-18/h2-8,15H,9-10H2,1H3,(H,22,27)(H2,23,24,25,28)/t15-/m0/s1. The number of aromatic amines is 2. The molecule has 1 atom stereocenters. The highest BCUT2D eigenvalue weighted by atomic mass is 19.1. The molecule has 9 nitrogen and oxygen atoms in total. The molecule has 2 aromatic carbocycles. The van der Waals surface area contributed by atoms with E-state index in [1.165, 1.54) is 17.9 Å². The fourth-order valence-electron chi connectivity index (χ4n) is 3.22. The summed E-state index contributed by atoms with van der Waals surface area (Å²) in [6.45, 7) is 1.80. The number of aromatic nitrogens is 3. The Labute approximate surface area is 169 Å². The quantitative estimate of drug-likeness (QED) is 0.593. The first-order valence-corrected chi connectivity index (χ1v) is 9.18. The molecule has 1 fully saturated rings. The van der Waals surface area contributed by atoms with Crippen molar-refractivity contribution in [2.75, 3.05) is 18.0 Å². The van der Waals surface area contributed by atoms with Crippen LogP contribution in [0.4, 0.5) is 14.9 Å². The lowest BCUT2D eigenvalue weighted by Gasteiger charge is -2.14. The molecule has 10 heteroatoms. The number of amides is 2. The second kappa shape index (κ2) is 7.82. The number of H-pyrrole nitrogens is 2. The molecular weight excluding hydrogens is 393 g/mol. The van der Waals surface area contributed by atoms with Crippen LogP contribution in [0.25, 0.3) is 22.5 Å². The molecule has 4 rings (SSSR count). The SMILES string of the molecule is CC(=O)NC[C@H]1CN(c2ccc(-c3ccc(-c4n[nH]c(=O)[nH]4)cc3)c(F)c2)C(=O)O1. The van der Waals surface area contributed by atoms with E-state index in [1.54, 1.807) is 36.4 Å². The summed E-state index contributed by atoms with van der Waals surface area (Å²) in [6, 6.07) is 11.4. The monoisotopic (exact) mass is 411 g/mol. The van der Waals surface area contributed by atoms with Crippen molar-refractivity contribution in [3.05, 3.63) is 58.8 Å². The van der Waals surface area contributed by atoms with Gasteiger partial charge in [-0.15, -0.1) is 0 Å². The molecule has 0 spiro atoms. The molecule has 154 valence electrons. The van der Waals surface area contributed by atoms with Gasteiger partial charge in [-0.1, -0.05) is 24.3 Å². The number of carbonyl (C=O) groups excluding carboxylic acids is 2. The second-order valence-corrected chi connectivity index (χ2v) is 6.82. The van der Waals surface area contributed by atoms with Gasteiger partial charge in [0.2, 0.25) is 5.91 Å². The smallest absolute Gasteiger partial charge is 0.414 e. The fraction of sp³-hybridized carbons (Fsp3) is 0.200. The first kappa shape index (κ1) is 19.4. The molecule has 3 aromatic rings. The molecule has 3 N–H and O–H groups in total. The number of hydrogen-bond acceptors (Lipinski definition) is 5. The van der Waals surface area contributed by atoms with Crippen LogP contribution in [0.5, 0.6) is 0 Å². The summed E-state index contributed by atoms with van der Waals surface area (Å²) >= 11 is 0. The number of benzene rings is 2. The molecule has 0 radical (unpaired) electrons. The molecule has 0 unspecified atom stereocenters. The van der Waals surface area contributed by atoms with Crippen molar-refractivity contribution in [3.63, 3.8) is 0 Å². The van der Waals surface area contributed by atoms with Gasteiger partial charge in [-0.3, -0.25) is 14.7 Å². The third-order valence-electron chi connectivity index (χ3n) is 4.69. The Balaban J connectivity index is 1.51. The molecular formula is C20H18FN5O4. The Hall–Kier alpha value is -3.95. The average molecular weight is 411 g/mol. The van der Waals surface area contributed by atoms with Crippen molar-refractivity contribution < 1.29 is 18.7 Å². The van der Waals surface area contributed by atoms with Crippen molar-refractivity contribution in [3.8, 4) is 22.5 Å². The van der Waals surface area contributed by atoms with Gasteiger partial charge in [0.1, 0.15) is 11.9 Å². The lowest BCUT2D eigenvalue weighted by Crippen LogP contribution is -2.33. The summed E-state index contributed by atoms with van der Waals surface area (Å²) in [7, 11) is 0. The minimum absolute atomic E-state index is 0.200. The summed E-state index contributed by atoms with van der Waals surface area (Å²) in [5.41, 5.74) is 1.64. The van der Waals surface area contributed by atoms with Crippen molar-refractivity contribution >= 4 is 17.7 Å². The Morgan fingerprint density at radius 1 is 1.23 bits per heavy atom. The molecule has 0 bridgehead atoms. The summed E-state index contributed by atoms with van der Waals surface area (Å²) < 4.78 is 20.0. The summed E-state index contributed by atoms with van der Waals surface area (Å²) in [4.78, 5) is 38.2. The van der Waals surface area contributed by atoms with Crippen molar-refractivity contribution in [2.24, 2.45) is 0 Å². The van der Waals surface area contributed by atoms with Crippen LogP contribution in [0.3, 0.4) is 0 Å². The number of nitrogens with one attached hydrogen (secondary N) is 3. The zero-order chi connectivity index (χ0) is 21.3. The first-order valence-electron chi connectivity index (χ1n) is 9.18. The van der Waals surface area contributed by atoms with Gasteiger partial charge >= 0.3 is 11.8 Å². The number of ether oxygens (including phenoxy) is 1. The number of cyclic esters (lactones) is 1. The molecule has 1 aliphatic heterocycles. The summed E-state index contributed by atoms with van der Waals surface area (Å²) in [5.74, 6) is -0.320. The van der Waals surface area contributed by atoms with E-state index in [9.17, 15) is 18.8 Å². The van der Waals surface area contributed by atoms with E-state index in [0.29, 0.717) is 28.2 Å². The zero-order valence-electron chi connectivity index (χ0n) is 15.9. The van der Waals surface area contributed by atoms with E-state index in [4.69, 9.17) is 4.74 Å². The van der Waals surface area contributed by atoms with E-state index < -0.39 is 23.7 Å². The van der Waals surface area contributed by atoms with Crippen molar-refractivity contribution in [2.45, 2.75) is 13.0 Å². The van der Waals surface area contributed by atoms with Gasteiger partial charge in [0.25, 0.3) is 0 Å². The highest BCUT2D eigenvalue weighted by Crippen LogP contribution is 2.30. The first-order chi connectivity index (χ1) is 14.4. The van der Waals surface area contributed by atoms with Crippen LogP contribution in [0, 0.1) is 5.82 Å². The Kier molecular flexibility index (Phi) is 5.05. The highest BCUT2D eigenvalue weighted by molar-refractivity contribution is 5.90. The second-order valence-electron chi connectivity index (χ2n) is 6.82. The van der Waals surface area contributed by atoms with Crippen LogP contribution in [0.2, 0.25) is 0 Å². The van der Waals surface area contributed by atoms with Gasteiger partial charge in [-0.05, 0) is 23.8 Å². The van der Waals surface area contributed by atoms with Gasteiger partial charge in [0.05, 0.1) is 18.8 Å². The molecule has 0 aliphatic carbocycles. The lowest BCUT2D eigenvalue weighted by atomic mass is 10.0. The molecule has 1 aliphatic rings. The van der Waals surface area contributed by atoms with Gasteiger partial charge in [0, 0.05) is 18.1 Å². The Morgan fingerprint density at radius 2 is 1.97 bits per heavy atom. The van der Waals surface area contributed by atoms with E-state index in [2.05, 4.69) is 20.5 Å². The summed E-state index contributed by atoms with van der Waals surface area (Å²) in [6.07, 6.45) is -1.08. The van der Waals surface area contributed by atoms with Crippen LogP contribution in [-0.4, -0.2) is 46.4 Å². The largest absolute Gasteiger partial charge is 0.442 e. The normalized spacial score (nSPS) is 15.9. The number of hydrogen-bond donors (Lipinski definition) is 3. The minimum Gasteiger partial charge on any atom is -0.442 e. The lowest BCUT2D eigenvalue weighted by molar-refractivity contribution is -0.119. The molecule has 1 aromatic heterocycles. The molecule has 2 amide bonds. The highest BCUT2D eigenvalue weighted by Gasteiger charge is 2.32. The topological polar surface area (TPSA) is 120 Å². The number of carbonyl (C=O) groups is 2. The van der Waals surface area contributed by atoms with Crippen molar-refractivity contribution in [1.82, 2.24) is 20.5 Å². The number of rotatable bonds is 5. The maximum Gasteiger partial charge on any atom is 0.414 e. The number of anilines is 1.